The Morgan fingerprint density at radius 1 is 1.25 bits per heavy atom. The van der Waals surface area contributed by atoms with E-state index in [0.29, 0.717) is 5.58 Å². The van der Waals surface area contributed by atoms with Crippen LogP contribution >= 0.6 is 0 Å². The van der Waals surface area contributed by atoms with E-state index in [1.165, 1.54) is 0 Å². The van der Waals surface area contributed by atoms with E-state index in [0.717, 1.165) is 5.39 Å². The van der Waals surface area contributed by atoms with Crippen LogP contribution in [0.3, 0.4) is 0 Å². The number of rotatable bonds is 1. The predicted molar refractivity (Wildman–Crippen MR) is 61.4 cm³/mol. The second-order valence-corrected chi connectivity index (χ2v) is 4.65. The normalized spacial score (nSPS) is 11.7. The summed E-state index contributed by atoms with van der Waals surface area (Å²) in [5.74, 6) is -0.181. The molecule has 2 aromatic rings. The number of esters is 1. The van der Waals surface area contributed by atoms with Crippen LogP contribution in [0.1, 0.15) is 31.3 Å². The lowest BCUT2D eigenvalue weighted by atomic mass is 10.2. The van der Waals surface area contributed by atoms with Crippen molar-refractivity contribution in [2.24, 2.45) is 0 Å². The van der Waals surface area contributed by atoms with Gasteiger partial charge >= 0.3 is 5.97 Å². The Balaban J connectivity index is 2.30. The van der Waals surface area contributed by atoms with Crippen LogP contribution in [0.25, 0.3) is 11.0 Å². The van der Waals surface area contributed by atoms with Crippen molar-refractivity contribution >= 4 is 16.9 Å². The fourth-order valence-electron chi connectivity index (χ4n) is 1.41. The molecule has 0 saturated carbocycles. The van der Waals surface area contributed by atoms with Crippen molar-refractivity contribution in [1.29, 1.82) is 0 Å². The summed E-state index contributed by atoms with van der Waals surface area (Å²) in [6.45, 7) is 5.48. The SMILES string of the molecule is CC(C)(C)OC(=O)c1cc2ccccc2o1. The van der Waals surface area contributed by atoms with Crippen LogP contribution < -0.4 is 0 Å². The van der Waals surface area contributed by atoms with Gasteiger partial charge in [-0.05, 0) is 32.9 Å². The summed E-state index contributed by atoms with van der Waals surface area (Å²) in [6.07, 6.45) is 0. The molecular formula is C13H14O3. The molecule has 2 rings (SSSR count). The minimum Gasteiger partial charge on any atom is -0.454 e. The van der Waals surface area contributed by atoms with E-state index in [9.17, 15) is 4.79 Å². The lowest BCUT2D eigenvalue weighted by Gasteiger charge is -2.18. The summed E-state index contributed by atoms with van der Waals surface area (Å²) in [5, 5.41) is 0.906. The Morgan fingerprint density at radius 3 is 2.56 bits per heavy atom. The van der Waals surface area contributed by atoms with Gasteiger partial charge in [0.2, 0.25) is 5.76 Å². The first kappa shape index (κ1) is 10.7. The molecule has 0 unspecified atom stereocenters. The van der Waals surface area contributed by atoms with Crippen LogP contribution in [0.15, 0.2) is 34.7 Å². The third-order valence-electron chi connectivity index (χ3n) is 2.03. The maximum Gasteiger partial charge on any atom is 0.374 e. The van der Waals surface area contributed by atoms with Gasteiger partial charge < -0.3 is 9.15 Å². The van der Waals surface area contributed by atoms with E-state index >= 15 is 0 Å². The minimum absolute atomic E-state index is 0.246. The molecule has 0 fully saturated rings. The molecule has 1 aromatic carbocycles. The van der Waals surface area contributed by atoms with Gasteiger partial charge in [0.25, 0.3) is 0 Å². The quantitative estimate of drug-likeness (QED) is 0.689. The zero-order valence-corrected chi connectivity index (χ0v) is 9.61. The number of ether oxygens (including phenoxy) is 1. The third kappa shape index (κ3) is 2.24. The summed E-state index contributed by atoms with van der Waals surface area (Å²) in [6, 6.07) is 9.18. The Morgan fingerprint density at radius 2 is 1.94 bits per heavy atom. The zero-order chi connectivity index (χ0) is 11.8. The number of fused-ring (bicyclic) bond motifs is 1. The molecule has 3 nitrogen and oxygen atoms in total. The van der Waals surface area contributed by atoms with Crippen LogP contribution in [-0.2, 0) is 4.74 Å². The molecule has 0 aliphatic heterocycles. The third-order valence-corrected chi connectivity index (χ3v) is 2.03. The molecule has 0 radical (unpaired) electrons. The highest BCUT2D eigenvalue weighted by atomic mass is 16.6. The first-order chi connectivity index (χ1) is 7.46. The first-order valence-electron chi connectivity index (χ1n) is 5.18. The van der Waals surface area contributed by atoms with Gasteiger partial charge in [0.05, 0.1) is 0 Å². The number of carbonyl (C=O) groups excluding carboxylic acids is 1. The van der Waals surface area contributed by atoms with Crippen LogP contribution in [-0.4, -0.2) is 11.6 Å². The van der Waals surface area contributed by atoms with Crippen molar-refractivity contribution in [2.75, 3.05) is 0 Å². The number of hydrogen-bond donors (Lipinski definition) is 0. The highest BCUT2D eigenvalue weighted by Gasteiger charge is 2.20. The Kier molecular flexibility index (Phi) is 2.46. The molecule has 0 N–H and O–H groups in total. The predicted octanol–water partition coefficient (Wildman–Crippen LogP) is 3.39. The van der Waals surface area contributed by atoms with Crippen molar-refractivity contribution in [2.45, 2.75) is 26.4 Å². The Hall–Kier alpha value is -1.77. The zero-order valence-electron chi connectivity index (χ0n) is 9.61. The average Bonchev–Trinajstić information content (AvgIpc) is 2.58. The monoisotopic (exact) mass is 218 g/mol. The molecule has 0 aliphatic rings. The van der Waals surface area contributed by atoms with Crippen molar-refractivity contribution < 1.29 is 13.9 Å². The molecule has 0 aliphatic carbocycles. The summed E-state index contributed by atoms with van der Waals surface area (Å²) in [4.78, 5) is 11.7. The van der Waals surface area contributed by atoms with Crippen LogP contribution in [0.4, 0.5) is 0 Å². The number of hydrogen-bond acceptors (Lipinski definition) is 3. The second kappa shape index (κ2) is 3.67. The Labute approximate surface area is 94.0 Å². The summed E-state index contributed by atoms with van der Waals surface area (Å²) in [5.41, 5.74) is 0.194. The van der Waals surface area contributed by atoms with Crippen molar-refractivity contribution in [3.8, 4) is 0 Å². The molecular weight excluding hydrogens is 204 g/mol. The first-order valence-corrected chi connectivity index (χ1v) is 5.18. The largest absolute Gasteiger partial charge is 0.454 e. The van der Waals surface area contributed by atoms with Gasteiger partial charge in [-0.3, -0.25) is 0 Å². The number of furan rings is 1. The van der Waals surface area contributed by atoms with E-state index in [1.807, 2.05) is 45.0 Å². The molecule has 3 heteroatoms. The highest BCUT2D eigenvalue weighted by Crippen LogP contribution is 2.21. The smallest absolute Gasteiger partial charge is 0.374 e. The van der Waals surface area contributed by atoms with E-state index < -0.39 is 11.6 Å². The topological polar surface area (TPSA) is 39.4 Å². The molecule has 0 atom stereocenters. The average molecular weight is 218 g/mol. The standard InChI is InChI=1S/C13H14O3/c1-13(2,3)16-12(14)11-8-9-6-4-5-7-10(9)15-11/h4-8H,1-3H3. The van der Waals surface area contributed by atoms with Crippen LogP contribution in [0.5, 0.6) is 0 Å². The maximum atomic E-state index is 11.7. The van der Waals surface area contributed by atoms with E-state index in [2.05, 4.69) is 0 Å². The van der Waals surface area contributed by atoms with E-state index in [1.54, 1.807) is 6.07 Å². The van der Waals surface area contributed by atoms with Gasteiger partial charge in [0, 0.05) is 5.39 Å². The number of para-hydroxylation sites is 1. The van der Waals surface area contributed by atoms with Gasteiger partial charge in [-0.1, -0.05) is 18.2 Å². The van der Waals surface area contributed by atoms with Crippen molar-refractivity contribution in [1.82, 2.24) is 0 Å². The summed E-state index contributed by atoms with van der Waals surface area (Å²) >= 11 is 0. The van der Waals surface area contributed by atoms with Crippen molar-refractivity contribution in [3.63, 3.8) is 0 Å². The summed E-state index contributed by atoms with van der Waals surface area (Å²) in [7, 11) is 0. The second-order valence-electron chi connectivity index (χ2n) is 4.65. The Bertz CT molecular complexity index is 484. The van der Waals surface area contributed by atoms with Crippen LogP contribution in [0.2, 0.25) is 0 Å². The van der Waals surface area contributed by atoms with Gasteiger partial charge in [-0.2, -0.15) is 0 Å². The fraction of sp³-hybridized carbons (Fsp3) is 0.308. The number of benzene rings is 1. The van der Waals surface area contributed by atoms with Gasteiger partial charge in [-0.25, -0.2) is 4.79 Å². The van der Waals surface area contributed by atoms with Crippen LogP contribution in [0, 0.1) is 0 Å². The van der Waals surface area contributed by atoms with E-state index in [4.69, 9.17) is 9.15 Å². The molecule has 0 amide bonds. The summed E-state index contributed by atoms with van der Waals surface area (Å²) < 4.78 is 10.6. The molecule has 0 bridgehead atoms. The lowest BCUT2D eigenvalue weighted by Crippen LogP contribution is -2.23. The highest BCUT2D eigenvalue weighted by molar-refractivity contribution is 5.92. The minimum atomic E-state index is -0.504. The van der Waals surface area contributed by atoms with Crippen molar-refractivity contribution in [3.05, 3.63) is 36.1 Å². The molecule has 1 aromatic heterocycles. The molecule has 0 spiro atoms. The maximum absolute atomic E-state index is 11.7. The molecule has 0 saturated heterocycles. The van der Waals surface area contributed by atoms with E-state index in [-0.39, 0.29) is 5.76 Å². The van der Waals surface area contributed by atoms with Gasteiger partial charge in [0.1, 0.15) is 11.2 Å². The van der Waals surface area contributed by atoms with Gasteiger partial charge in [0.15, 0.2) is 0 Å². The molecule has 84 valence electrons. The lowest BCUT2D eigenvalue weighted by molar-refractivity contribution is 0.00382. The number of carbonyl (C=O) groups is 1. The van der Waals surface area contributed by atoms with Gasteiger partial charge in [-0.15, -0.1) is 0 Å². The molecule has 1 heterocycles. The fourth-order valence-corrected chi connectivity index (χ4v) is 1.41. The molecule has 16 heavy (non-hydrogen) atoms.